The Morgan fingerprint density at radius 1 is 1.35 bits per heavy atom. The Labute approximate surface area is 104 Å². The fourth-order valence-corrected chi connectivity index (χ4v) is 2.94. The van der Waals surface area contributed by atoms with Crippen LogP contribution in [0.5, 0.6) is 0 Å². The van der Waals surface area contributed by atoms with Gasteiger partial charge in [0.15, 0.2) is 0 Å². The van der Waals surface area contributed by atoms with Crippen molar-refractivity contribution in [2.45, 2.75) is 13.3 Å². The molecule has 98 valence electrons. The monoisotopic (exact) mass is 239 g/mol. The van der Waals surface area contributed by atoms with Crippen molar-refractivity contribution in [1.29, 1.82) is 0 Å². The highest BCUT2D eigenvalue weighted by atomic mass is 16.1. The van der Waals surface area contributed by atoms with Gasteiger partial charge in [0, 0.05) is 51.1 Å². The van der Waals surface area contributed by atoms with Crippen LogP contribution in [0.3, 0.4) is 0 Å². The predicted molar refractivity (Wildman–Crippen MR) is 69.1 cm³/mol. The van der Waals surface area contributed by atoms with Gasteiger partial charge < -0.3 is 15.1 Å². The number of rotatable bonds is 4. The summed E-state index contributed by atoms with van der Waals surface area (Å²) in [4.78, 5) is 17.0. The summed E-state index contributed by atoms with van der Waals surface area (Å²) in [5, 5.41) is 3.34. The van der Waals surface area contributed by atoms with Gasteiger partial charge in [0.1, 0.15) is 5.78 Å². The third-order valence-electron chi connectivity index (χ3n) is 4.02. The number of ketones is 1. The SMILES string of the molecule is CC(CN1CCNCC1)C(=O)C1CCN(C)C1. The third-order valence-corrected chi connectivity index (χ3v) is 4.02. The molecule has 0 bridgehead atoms. The minimum absolute atomic E-state index is 0.199. The Kier molecular flexibility index (Phi) is 4.54. The number of hydrogen-bond acceptors (Lipinski definition) is 4. The molecule has 4 nitrogen and oxygen atoms in total. The highest BCUT2D eigenvalue weighted by molar-refractivity contribution is 5.83. The molecule has 0 aromatic rings. The fourth-order valence-electron chi connectivity index (χ4n) is 2.94. The lowest BCUT2D eigenvalue weighted by Gasteiger charge is -2.29. The lowest BCUT2D eigenvalue weighted by atomic mass is 9.93. The van der Waals surface area contributed by atoms with Crippen LogP contribution in [0.15, 0.2) is 0 Å². The van der Waals surface area contributed by atoms with Crippen LogP contribution in [0.4, 0.5) is 0 Å². The molecule has 0 aromatic carbocycles. The van der Waals surface area contributed by atoms with E-state index in [4.69, 9.17) is 0 Å². The van der Waals surface area contributed by atoms with Gasteiger partial charge in [-0.3, -0.25) is 4.79 Å². The van der Waals surface area contributed by atoms with Crippen LogP contribution in [0.2, 0.25) is 0 Å². The molecule has 0 aliphatic carbocycles. The summed E-state index contributed by atoms with van der Waals surface area (Å²) in [6.45, 7) is 9.38. The lowest BCUT2D eigenvalue weighted by Crippen LogP contribution is -2.46. The smallest absolute Gasteiger partial charge is 0.141 e. The van der Waals surface area contributed by atoms with Crippen molar-refractivity contribution in [3.05, 3.63) is 0 Å². The van der Waals surface area contributed by atoms with Crippen LogP contribution in [0.1, 0.15) is 13.3 Å². The number of Topliss-reactive ketones (excluding diaryl/α,β-unsaturated/α-hetero) is 1. The largest absolute Gasteiger partial charge is 0.314 e. The molecule has 1 N–H and O–H groups in total. The molecule has 2 heterocycles. The Morgan fingerprint density at radius 2 is 2.06 bits per heavy atom. The van der Waals surface area contributed by atoms with Crippen LogP contribution < -0.4 is 5.32 Å². The van der Waals surface area contributed by atoms with E-state index in [1.54, 1.807) is 0 Å². The highest BCUT2D eigenvalue weighted by Crippen LogP contribution is 2.19. The number of piperazine rings is 1. The topological polar surface area (TPSA) is 35.6 Å². The van der Waals surface area contributed by atoms with Crippen LogP contribution in [-0.2, 0) is 4.79 Å². The summed E-state index contributed by atoms with van der Waals surface area (Å²) in [5.74, 6) is 0.968. The van der Waals surface area contributed by atoms with Crippen molar-refractivity contribution in [2.24, 2.45) is 11.8 Å². The standard InChI is InChI=1S/C13H25N3O/c1-11(9-16-7-4-14-5-8-16)13(17)12-3-6-15(2)10-12/h11-12,14H,3-10H2,1-2H3. The van der Waals surface area contributed by atoms with Crippen LogP contribution in [-0.4, -0.2) is 68.4 Å². The number of likely N-dealkylation sites (tertiary alicyclic amines) is 1. The first kappa shape index (κ1) is 13.0. The van der Waals surface area contributed by atoms with E-state index in [1.807, 2.05) is 0 Å². The molecule has 2 aliphatic heterocycles. The van der Waals surface area contributed by atoms with E-state index < -0.39 is 0 Å². The van der Waals surface area contributed by atoms with E-state index in [2.05, 4.69) is 29.1 Å². The van der Waals surface area contributed by atoms with Gasteiger partial charge in [0.05, 0.1) is 0 Å². The first-order valence-corrected chi connectivity index (χ1v) is 6.82. The number of carbonyl (C=O) groups is 1. The Hall–Kier alpha value is -0.450. The molecule has 0 amide bonds. The van der Waals surface area contributed by atoms with E-state index >= 15 is 0 Å². The average molecular weight is 239 g/mol. The van der Waals surface area contributed by atoms with Gasteiger partial charge in [-0.2, -0.15) is 0 Å². The summed E-state index contributed by atoms with van der Waals surface area (Å²) in [5.41, 5.74) is 0. The zero-order chi connectivity index (χ0) is 12.3. The molecule has 0 radical (unpaired) electrons. The van der Waals surface area contributed by atoms with E-state index in [9.17, 15) is 4.79 Å². The molecular formula is C13H25N3O. The summed E-state index contributed by atoms with van der Waals surface area (Å²) >= 11 is 0. The number of nitrogens with zero attached hydrogens (tertiary/aromatic N) is 2. The van der Waals surface area contributed by atoms with Crippen LogP contribution in [0, 0.1) is 11.8 Å². The summed E-state index contributed by atoms with van der Waals surface area (Å²) in [6, 6.07) is 0. The van der Waals surface area contributed by atoms with E-state index in [-0.39, 0.29) is 11.8 Å². The highest BCUT2D eigenvalue weighted by Gasteiger charge is 2.30. The molecule has 2 unspecified atom stereocenters. The minimum atomic E-state index is 0.199. The normalized spacial score (nSPS) is 29.4. The Balaban J connectivity index is 1.78. The molecule has 2 atom stereocenters. The van der Waals surface area contributed by atoms with Crippen molar-refractivity contribution in [3.8, 4) is 0 Å². The van der Waals surface area contributed by atoms with Crippen LogP contribution >= 0.6 is 0 Å². The molecule has 2 fully saturated rings. The molecule has 2 rings (SSSR count). The van der Waals surface area contributed by atoms with Crippen molar-refractivity contribution in [2.75, 3.05) is 52.9 Å². The van der Waals surface area contributed by atoms with Gasteiger partial charge in [0.25, 0.3) is 0 Å². The second-order valence-corrected chi connectivity index (χ2v) is 5.60. The van der Waals surface area contributed by atoms with Crippen molar-refractivity contribution < 1.29 is 4.79 Å². The van der Waals surface area contributed by atoms with Gasteiger partial charge >= 0.3 is 0 Å². The minimum Gasteiger partial charge on any atom is -0.314 e. The first-order valence-electron chi connectivity index (χ1n) is 6.82. The number of nitrogens with one attached hydrogen (secondary N) is 1. The predicted octanol–water partition coefficient (Wildman–Crippen LogP) is 0.0485. The molecular weight excluding hydrogens is 214 g/mol. The summed E-state index contributed by atoms with van der Waals surface area (Å²) in [6.07, 6.45) is 1.06. The van der Waals surface area contributed by atoms with Crippen molar-refractivity contribution in [1.82, 2.24) is 15.1 Å². The van der Waals surface area contributed by atoms with Crippen LogP contribution in [0.25, 0.3) is 0 Å². The molecule has 17 heavy (non-hydrogen) atoms. The third kappa shape index (κ3) is 3.50. The van der Waals surface area contributed by atoms with E-state index in [0.717, 1.165) is 52.2 Å². The maximum Gasteiger partial charge on any atom is 0.141 e. The molecule has 2 saturated heterocycles. The van der Waals surface area contributed by atoms with Gasteiger partial charge in [-0.15, -0.1) is 0 Å². The molecule has 0 saturated carbocycles. The van der Waals surface area contributed by atoms with Gasteiger partial charge in [-0.1, -0.05) is 6.92 Å². The quantitative estimate of drug-likeness (QED) is 0.752. The lowest BCUT2D eigenvalue weighted by molar-refractivity contribution is -0.126. The summed E-state index contributed by atoms with van der Waals surface area (Å²) in [7, 11) is 2.11. The molecule has 0 spiro atoms. The Morgan fingerprint density at radius 3 is 2.65 bits per heavy atom. The van der Waals surface area contributed by atoms with E-state index in [0.29, 0.717) is 5.78 Å². The van der Waals surface area contributed by atoms with Gasteiger partial charge in [-0.25, -0.2) is 0 Å². The molecule has 4 heteroatoms. The van der Waals surface area contributed by atoms with Gasteiger partial charge in [-0.05, 0) is 20.0 Å². The first-order chi connectivity index (χ1) is 8.16. The second kappa shape index (κ2) is 5.94. The maximum atomic E-state index is 12.3. The second-order valence-electron chi connectivity index (χ2n) is 5.60. The average Bonchev–Trinajstić information content (AvgIpc) is 2.76. The fraction of sp³-hybridized carbons (Fsp3) is 0.923. The van der Waals surface area contributed by atoms with E-state index in [1.165, 1.54) is 0 Å². The Bertz CT molecular complexity index is 263. The summed E-state index contributed by atoms with van der Waals surface area (Å²) < 4.78 is 0. The molecule has 0 aromatic heterocycles. The number of hydrogen-bond donors (Lipinski definition) is 1. The maximum absolute atomic E-state index is 12.3. The van der Waals surface area contributed by atoms with Gasteiger partial charge in [0.2, 0.25) is 0 Å². The molecule has 2 aliphatic rings. The zero-order valence-corrected chi connectivity index (χ0v) is 11.1. The van der Waals surface area contributed by atoms with Crippen molar-refractivity contribution in [3.63, 3.8) is 0 Å². The zero-order valence-electron chi connectivity index (χ0n) is 11.1. The van der Waals surface area contributed by atoms with Crippen molar-refractivity contribution >= 4 is 5.78 Å². The number of carbonyl (C=O) groups excluding carboxylic acids is 1.